The second kappa shape index (κ2) is 4.82. The lowest BCUT2D eigenvalue weighted by Crippen LogP contribution is -2.53. The van der Waals surface area contributed by atoms with E-state index >= 15 is 0 Å². The summed E-state index contributed by atoms with van der Waals surface area (Å²) in [5.74, 6) is 0.447. The molecule has 0 spiro atoms. The van der Waals surface area contributed by atoms with Crippen molar-refractivity contribution in [2.24, 2.45) is 5.92 Å². The van der Waals surface area contributed by atoms with Crippen LogP contribution in [0.5, 0.6) is 0 Å². The molecule has 3 rings (SSSR count). The standard InChI is InChI=1S/C14H23NO3/c1-14(2,3)18-13(16)15-8-10-5-6-12(15)7-11(10)9-17-4/h9-10,12H,5-8H2,1-4H3/b11-9-. The third-order valence-electron chi connectivity index (χ3n) is 3.60. The number of amides is 1. The van der Waals surface area contributed by atoms with Crippen LogP contribution in [0.4, 0.5) is 4.79 Å². The molecule has 4 heteroatoms. The monoisotopic (exact) mass is 253 g/mol. The summed E-state index contributed by atoms with van der Waals surface area (Å²) in [6, 6.07) is 0.284. The molecule has 3 fully saturated rings. The molecular formula is C14H23NO3. The first-order chi connectivity index (χ1) is 8.40. The minimum Gasteiger partial charge on any atom is -0.504 e. The van der Waals surface area contributed by atoms with Crippen molar-refractivity contribution >= 4 is 6.09 Å². The van der Waals surface area contributed by atoms with E-state index in [1.807, 2.05) is 31.9 Å². The van der Waals surface area contributed by atoms with Crippen molar-refractivity contribution in [2.75, 3.05) is 13.7 Å². The largest absolute Gasteiger partial charge is 0.504 e. The topological polar surface area (TPSA) is 38.8 Å². The highest BCUT2D eigenvalue weighted by atomic mass is 16.6. The Kier molecular flexibility index (Phi) is 3.55. The van der Waals surface area contributed by atoms with Gasteiger partial charge < -0.3 is 14.4 Å². The molecule has 2 unspecified atom stereocenters. The van der Waals surface area contributed by atoms with Gasteiger partial charge in [0.15, 0.2) is 0 Å². The molecule has 18 heavy (non-hydrogen) atoms. The average Bonchev–Trinajstić information content (AvgIpc) is 2.28. The molecule has 102 valence electrons. The molecule has 1 saturated carbocycles. The number of piperidine rings is 2. The Hall–Kier alpha value is -1.19. The lowest BCUT2D eigenvalue weighted by molar-refractivity contribution is -0.00290. The van der Waals surface area contributed by atoms with Crippen molar-refractivity contribution in [1.82, 2.24) is 4.90 Å². The van der Waals surface area contributed by atoms with Gasteiger partial charge in [0.05, 0.1) is 13.4 Å². The minimum atomic E-state index is -0.418. The first-order valence-electron chi connectivity index (χ1n) is 6.62. The number of hydrogen-bond donors (Lipinski definition) is 0. The third kappa shape index (κ3) is 2.79. The van der Waals surface area contributed by atoms with Crippen LogP contribution in [0.2, 0.25) is 0 Å². The van der Waals surface area contributed by atoms with Crippen LogP contribution in [-0.4, -0.2) is 36.3 Å². The summed E-state index contributed by atoms with van der Waals surface area (Å²) < 4.78 is 10.6. The highest BCUT2D eigenvalue weighted by molar-refractivity contribution is 5.69. The van der Waals surface area contributed by atoms with E-state index in [1.165, 1.54) is 5.57 Å². The van der Waals surface area contributed by atoms with Crippen molar-refractivity contribution < 1.29 is 14.3 Å². The molecule has 3 aliphatic rings. The summed E-state index contributed by atoms with van der Waals surface area (Å²) in [5, 5.41) is 0. The van der Waals surface area contributed by atoms with Crippen LogP contribution in [0.1, 0.15) is 40.0 Å². The molecule has 2 aliphatic heterocycles. The second-order valence-electron chi connectivity index (χ2n) is 6.19. The summed E-state index contributed by atoms with van der Waals surface area (Å²) in [6.07, 6.45) is 4.83. The Bertz CT molecular complexity index is 357. The number of carbonyl (C=O) groups excluding carboxylic acids is 1. The first-order valence-corrected chi connectivity index (χ1v) is 6.62. The molecule has 0 radical (unpaired) electrons. The molecule has 0 N–H and O–H groups in total. The van der Waals surface area contributed by atoms with Crippen LogP contribution in [0, 0.1) is 5.92 Å². The molecule has 2 heterocycles. The van der Waals surface area contributed by atoms with Crippen LogP contribution in [-0.2, 0) is 9.47 Å². The molecule has 0 aromatic carbocycles. The summed E-state index contributed by atoms with van der Waals surface area (Å²) in [6.45, 7) is 6.49. The van der Waals surface area contributed by atoms with Gasteiger partial charge in [0.1, 0.15) is 5.60 Å². The molecule has 0 aromatic rings. The normalized spacial score (nSPS) is 29.6. The lowest BCUT2D eigenvalue weighted by Gasteiger charge is -2.46. The predicted molar refractivity (Wildman–Crippen MR) is 69.2 cm³/mol. The molecule has 4 nitrogen and oxygen atoms in total. The number of hydrogen-bond acceptors (Lipinski definition) is 3. The van der Waals surface area contributed by atoms with E-state index in [0.717, 1.165) is 25.8 Å². The van der Waals surface area contributed by atoms with E-state index in [0.29, 0.717) is 5.92 Å². The van der Waals surface area contributed by atoms with Crippen molar-refractivity contribution in [2.45, 2.75) is 51.7 Å². The maximum absolute atomic E-state index is 12.1. The number of ether oxygens (including phenoxy) is 2. The number of carbonyl (C=O) groups is 1. The van der Waals surface area contributed by atoms with Crippen molar-refractivity contribution in [3.8, 4) is 0 Å². The van der Waals surface area contributed by atoms with Gasteiger partial charge >= 0.3 is 6.09 Å². The van der Waals surface area contributed by atoms with Gasteiger partial charge in [0.25, 0.3) is 0 Å². The quantitative estimate of drug-likeness (QED) is 0.674. The Labute approximate surface area is 109 Å². The minimum absolute atomic E-state index is 0.173. The van der Waals surface area contributed by atoms with Gasteiger partial charge in [0, 0.05) is 18.5 Å². The van der Waals surface area contributed by atoms with Gasteiger partial charge in [-0.15, -0.1) is 0 Å². The highest BCUT2D eigenvalue weighted by Crippen LogP contribution is 2.39. The molecule has 2 saturated heterocycles. The lowest BCUT2D eigenvalue weighted by atomic mass is 9.77. The van der Waals surface area contributed by atoms with E-state index in [1.54, 1.807) is 7.11 Å². The fourth-order valence-electron chi connectivity index (χ4n) is 2.82. The molecular weight excluding hydrogens is 230 g/mol. The van der Waals surface area contributed by atoms with Crippen LogP contribution < -0.4 is 0 Å². The number of nitrogens with zero attached hydrogens (tertiary/aromatic N) is 1. The van der Waals surface area contributed by atoms with E-state index in [9.17, 15) is 4.79 Å². The zero-order valence-electron chi connectivity index (χ0n) is 11.7. The van der Waals surface area contributed by atoms with Crippen molar-refractivity contribution in [1.29, 1.82) is 0 Å². The third-order valence-corrected chi connectivity index (χ3v) is 3.60. The fourth-order valence-corrected chi connectivity index (χ4v) is 2.82. The Morgan fingerprint density at radius 2 is 2.11 bits per heavy atom. The Balaban J connectivity index is 2.03. The Morgan fingerprint density at radius 1 is 1.39 bits per heavy atom. The number of rotatable bonds is 1. The van der Waals surface area contributed by atoms with Crippen LogP contribution in [0.3, 0.4) is 0 Å². The maximum Gasteiger partial charge on any atom is 0.410 e. The fraction of sp³-hybridized carbons (Fsp3) is 0.786. The molecule has 2 atom stereocenters. The maximum atomic E-state index is 12.1. The summed E-state index contributed by atoms with van der Waals surface area (Å²) in [7, 11) is 1.68. The molecule has 2 bridgehead atoms. The highest BCUT2D eigenvalue weighted by Gasteiger charge is 2.40. The van der Waals surface area contributed by atoms with Crippen molar-refractivity contribution in [3.63, 3.8) is 0 Å². The van der Waals surface area contributed by atoms with Gasteiger partial charge in [-0.2, -0.15) is 0 Å². The number of fused-ring (bicyclic) bond motifs is 3. The first kappa shape index (κ1) is 13.2. The van der Waals surface area contributed by atoms with Gasteiger partial charge in [-0.3, -0.25) is 0 Å². The SMILES string of the molecule is CO/C=C1/CC2CCC1CN2C(=O)OC(C)(C)C. The second-order valence-corrected chi connectivity index (χ2v) is 6.19. The zero-order chi connectivity index (χ0) is 13.3. The van der Waals surface area contributed by atoms with E-state index in [4.69, 9.17) is 9.47 Å². The van der Waals surface area contributed by atoms with Crippen LogP contribution >= 0.6 is 0 Å². The average molecular weight is 253 g/mol. The predicted octanol–water partition coefficient (Wildman–Crippen LogP) is 2.94. The van der Waals surface area contributed by atoms with Crippen molar-refractivity contribution in [3.05, 3.63) is 11.8 Å². The Morgan fingerprint density at radius 3 is 2.61 bits per heavy atom. The summed E-state index contributed by atoms with van der Waals surface area (Å²) in [4.78, 5) is 14.0. The van der Waals surface area contributed by atoms with Crippen LogP contribution in [0.15, 0.2) is 11.8 Å². The van der Waals surface area contributed by atoms with Crippen LogP contribution in [0.25, 0.3) is 0 Å². The number of methoxy groups -OCH3 is 1. The van der Waals surface area contributed by atoms with Gasteiger partial charge in [0.2, 0.25) is 0 Å². The smallest absolute Gasteiger partial charge is 0.410 e. The van der Waals surface area contributed by atoms with E-state index < -0.39 is 5.60 Å². The van der Waals surface area contributed by atoms with Gasteiger partial charge in [-0.1, -0.05) is 0 Å². The van der Waals surface area contributed by atoms with Gasteiger partial charge in [-0.05, 0) is 45.6 Å². The summed E-state index contributed by atoms with van der Waals surface area (Å²) in [5.41, 5.74) is 0.924. The van der Waals surface area contributed by atoms with Gasteiger partial charge in [-0.25, -0.2) is 4.79 Å². The van der Waals surface area contributed by atoms with E-state index in [2.05, 4.69) is 0 Å². The molecule has 0 aromatic heterocycles. The summed E-state index contributed by atoms with van der Waals surface area (Å²) >= 11 is 0. The van der Waals surface area contributed by atoms with E-state index in [-0.39, 0.29) is 12.1 Å². The molecule has 1 aliphatic carbocycles. The zero-order valence-corrected chi connectivity index (χ0v) is 11.7. The molecule has 1 amide bonds.